The summed E-state index contributed by atoms with van der Waals surface area (Å²) >= 11 is 3.54. The highest BCUT2D eigenvalue weighted by molar-refractivity contribution is 9.10. The highest BCUT2D eigenvalue weighted by Gasteiger charge is 2.23. The van der Waals surface area contributed by atoms with Crippen molar-refractivity contribution >= 4 is 15.9 Å². The van der Waals surface area contributed by atoms with E-state index in [9.17, 15) is 0 Å². The molecule has 0 spiro atoms. The van der Waals surface area contributed by atoms with Crippen LogP contribution in [0.25, 0.3) is 0 Å². The molecule has 0 aliphatic heterocycles. The summed E-state index contributed by atoms with van der Waals surface area (Å²) in [5.74, 6) is 0.867. The van der Waals surface area contributed by atoms with E-state index in [1.54, 1.807) is 0 Å². The first-order valence-electron chi connectivity index (χ1n) is 4.03. The lowest BCUT2D eigenvalue weighted by molar-refractivity contribution is 1.12. The molecule has 0 bridgehead atoms. The molecule has 1 aliphatic rings. The minimum absolute atomic E-state index is 0.867. The molecule has 0 unspecified atom stereocenters. The lowest BCUT2D eigenvalue weighted by atomic mass is 10.1. The molecular weight excluding hydrogens is 200 g/mol. The molecule has 11 heavy (non-hydrogen) atoms. The molecule has 2 rings (SSSR count). The third kappa shape index (κ3) is 1.48. The summed E-state index contributed by atoms with van der Waals surface area (Å²) in [6.45, 7) is 2.13. The van der Waals surface area contributed by atoms with Gasteiger partial charge < -0.3 is 0 Å². The highest BCUT2D eigenvalue weighted by Crippen LogP contribution is 2.41. The van der Waals surface area contributed by atoms with Crippen molar-refractivity contribution < 1.29 is 0 Å². The first kappa shape index (κ1) is 7.35. The second-order valence-electron chi connectivity index (χ2n) is 3.28. The van der Waals surface area contributed by atoms with Gasteiger partial charge in [0, 0.05) is 4.47 Å². The van der Waals surface area contributed by atoms with Gasteiger partial charge in [-0.3, -0.25) is 0 Å². The van der Waals surface area contributed by atoms with Gasteiger partial charge in [-0.15, -0.1) is 0 Å². The molecule has 0 aromatic heterocycles. The summed E-state index contributed by atoms with van der Waals surface area (Å²) in [5.41, 5.74) is 2.83. The normalized spacial score (nSPS) is 16.9. The first-order chi connectivity index (χ1) is 5.27. The third-order valence-electron chi connectivity index (χ3n) is 2.24. The molecule has 1 fully saturated rings. The van der Waals surface area contributed by atoms with Crippen LogP contribution >= 0.6 is 15.9 Å². The molecule has 1 aromatic rings. The van der Waals surface area contributed by atoms with Crippen LogP contribution < -0.4 is 0 Å². The Hall–Kier alpha value is -0.300. The summed E-state index contributed by atoms with van der Waals surface area (Å²) in [7, 11) is 0. The molecule has 0 N–H and O–H groups in total. The van der Waals surface area contributed by atoms with Crippen LogP contribution in [-0.4, -0.2) is 0 Å². The summed E-state index contributed by atoms with van der Waals surface area (Å²) < 4.78 is 1.25. The molecule has 0 nitrogen and oxygen atoms in total. The summed E-state index contributed by atoms with van der Waals surface area (Å²) in [6, 6.07) is 6.70. The number of hydrogen-bond donors (Lipinski definition) is 0. The van der Waals surface area contributed by atoms with Crippen molar-refractivity contribution in [2.24, 2.45) is 0 Å². The van der Waals surface area contributed by atoms with Crippen molar-refractivity contribution in [3.63, 3.8) is 0 Å². The second kappa shape index (κ2) is 2.63. The maximum Gasteiger partial charge on any atom is 0.0207 e. The van der Waals surface area contributed by atoms with E-state index in [1.165, 1.54) is 28.4 Å². The molecule has 1 saturated carbocycles. The van der Waals surface area contributed by atoms with Gasteiger partial charge in [-0.05, 0) is 42.9 Å². The minimum atomic E-state index is 0.867. The average molecular weight is 211 g/mol. The van der Waals surface area contributed by atoms with Gasteiger partial charge in [-0.1, -0.05) is 28.1 Å². The van der Waals surface area contributed by atoms with Gasteiger partial charge in [0.15, 0.2) is 0 Å². The Morgan fingerprint density at radius 1 is 1.36 bits per heavy atom. The Morgan fingerprint density at radius 3 is 2.64 bits per heavy atom. The van der Waals surface area contributed by atoms with Crippen LogP contribution in [0.5, 0.6) is 0 Å². The standard InChI is InChI=1S/C10H11Br/c1-7-2-3-9(6-10(7)11)8-4-5-8/h2-3,6,8H,4-5H2,1H3. The summed E-state index contributed by atoms with van der Waals surface area (Å²) in [5, 5.41) is 0. The topological polar surface area (TPSA) is 0 Å². The van der Waals surface area contributed by atoms with Crippen molar-refractivity contribution in [1.82, 2.24) is 0 Å². The molecule has 1 aromatic carbocycles. The molecule has 1 heteroatoms. The molecule has 0 heterocycles. The highest BCUT2D eigenvalue weighted by atomic mass is 79.9. The number of benzene rings is 1. The molecule has 0 amide bonds. The lowest BCUT2D eigenvalue weighted by Crippen LogP contribution is -1.81. The average Bonchev–Trinajstić information content (AvgIpc) is 2.77. The van der Waals surface area contributed by atoms with Crippen molar-refractivity contribution in [1.29, 1.82) is 0 Å². The van der Waals surface area contributed by atoms with Crippen LogP contribution in [0, 0.1) is 6.92 Å². The Kier molecular flexibility index (Phi) is 1.76. The summed E-state index contributed by atoms with van der Waals surface area (Å²) in [6.07, 6.45) is 2.77. The van der Waals surface area contributed by atoms with E-state index in [1.807, 2.05) is 0 Å². The number of hydrogen-bond acceptors (Lipinski definition) is 0. The van der Waals surface area contributed by atoms with Crippen molar-refractivity contribution in [2.75, 3.05) is 0 Å². The van der Waals surface area contributed by atoms with Crippen LogP contribution in [0.4, 0.5) is 0 Å². The van der Waals surface area contributed by atoms with Gasteiger partial charge in [-0.2, -0.15) is 0 Å². The van der Waals surface area contributed by atoms with Crippen LogP contribution in [0.3, 0.4) is 0 Å². The van der Waals surface area contributed by atoms with Crippen LogP contribution in [-0.2, 0) is 0 Å². The monoisotopic (exact) mass is 210 g/mol. The van der Waals surface area contributed by atoms with Crippen molar-refractivity contribution in [3.8, 4) is 0 Å². The van der Waals surface area contributed by atoms with Crippen LogP contribution in [0.1, 0.15) is 29.9 Å². The lowest BCUT2D eigenvalue weighted by Gasteiger charge is -2.01. The van der Waals surface area contributed by atoms with Crippen molar-refractivity contribution in [2.45, 2.75) is 25.7 Å². The molecule has 1 aliphatic carbocycles. The van der Waals surface area contributed by atoms with Gasteiger partial charge in [0.05, 0.1) is 0 Å². The van der Waals surface area contributed by atoms with Gasteiger partial charge >= 0.3 is 0 Å². The molecular formula is C10H11Br. The second-order valence-corrected chi connectivity index (χ2v) is 4.14. The third-order valence-corrected chi connectivity index (χ3v) is 3.10. The maximum atomic E-state index is 3.54. The Bertz CT molecular complexity index is 274. The summed E-state index contributed by atoms with van der Waals surface area (Å²) in [4.78, 5) is 0. The smallest absolute Gasteiger partial charge is 0.0207 e. The molecule has 0 saturated heterocycles. The van der Waals surface area contributed by atoms with E-state index in [0.29, 0.717) is 0 Å². The van der Waals surface area contributed by atoms with Gasteiger partial charge in [0.25, 0.3) is 0 Å². The first-order valence-corrected chi connectivity index (χ1v) is 4.83. The Labute approximate surface area is 75.8 Å². The predicted octanol–water partition coefficient (Wildman–Crippen LogP) is 3.63. The number of aryl methyl sites for hydroxylation is 1. The van der Waals surface area contributed by atoms with E-state index in [-0.39, 0.29) is 0 Å². The predicted molar refractivity (Wildman–Crippen MR) is 50.9 cm³/mol. The maximum absolute atomic E-state index is 3.54. The van der Waals surface area contributed by atoms with Crippen molar-refractivity contribution in [3.05, 3.63) is 33.8 Å². The van der Waals surface area contributed by atoms with Gasteiger partial charge in [0.2, 0.25) is 0 Å². The minimum Gasteiger partial charge on any atom is -0.0584 e. The zero-order valence-electron chi connectivity index (χ0n) is 6.60. The Balaban J connectivity index is 2.36. The Morgan fingerprint density at radius 2 is 2.09 bits per heavy atom. The quantitative estimate of drug-likeness (QED) is 0.665. The fourth-order valence-corrected chi connectivity index (χ4v) is 1.68. The van der Waals surface area contributed by atoms with Gasteiger partial charge in [-0.25, -0.2) is 0 Å². The van der Waals surface area contributed by atoms with E-state index in [4.69, 9.17) is 0 Å². The largest absolute Gasteiger partial charge is 0.0584 e. The zero-order valence-corrected chi connectivity index (χ0v) is 8.19. The number of halogens is 1. The number of rotatable bonds is 1. The van der Waals surface area contributed by atoms with E-state index < -0.39 is 0 Å². The van der Waals surface area contributed by atoms with E-state index >= 15 is 0 Å². The SMILES string of the molecule is Cc1ccc(C2CC2)cc1Br. The molecule has 0 atom stereocenters. The van der Waals surface area contributed by atoms with Gasteiger partial charge in [0.1, 0.15) is 0 Å². The van der Waals surface area contributed by atoms with E-state index in [2.05, 4.69) is 41.1 Å². The fourth-order valence-electron chi connectivity index (χ4n) is 1.28. The molecule has 58 valence electrons. The fraction of sp³-hybridized carbons (Fsp3) is 0.400. The zero-order chi connectivity index (χ0) is 7.84. The molecule has 0 radical (unpaired) electrons. The van der Waals surface area contributed by atoms with Crippen LogP contribution in [0.15, 0.2) is 22.7 Å². The van der Waals surface area contributed by atoms with Crippen LogP contribution in [0.2, 0.25) is 0 Å². The van der Waals surface area contributed by atoms with E-state index in [0.717, 1.165) is 5.92 Å².